The van der Waals surface area contributed by atoms with Gasteiger partial charge in [0, 0.05) is 35.5 Å². The van der Waals surface area contributed by atoms with E-state index in [9.17, 15) is 0 Å². The predicted octanol–water partition coefficient (Wildman–Crippen LogP) is 8.33. The molecule has 0 amide bonds. The molecular formula is C32H44N2O. The third-order valence-electron chi connectivity index (χ3n) is 7.24. The summed E-state index contributed by atoms with van der Waals surface area (Å²) in [5, 5.41) is 0. The van der Waals surface area contributed by atoms with Gasteiger partial charge in [-0.15, -0.1) is 0 Å². The molecule has 0 aliphatic heterocycles. The second-order valence-corrected chi connectivity index (χ2v) is 9.64. The van der Waals surface area contributed by atoms with Crippen LogP contribution in [0.1, 0.15) is 86.7 Å². The molecule has 0 spiro atoms. The van der Waals surface area contributed by atoms with Crippen LogP contribution in [0.2, 0.25) is 0 Å². The van der Waals surface area contributed by atoms with Gasteiger partial charge in [-0.1, -0.05) is 95.0 Å². The fourth-order valence-corrected chi connectivity index (χ4v) is 5.30. The summed E-state index contributed by atoms with van der Waals surface area (Å²) in [6.07, 6.45) is 10.3. The highest BCUT2D eigenvalue weighted by Gasteiger charge is 2.22. The van der Waals surface area contributed by atoms with Crippen LogP contribution in [0.4, 0.5) is 0 Å². The summed E-state index contributed by atoms with van der Waals surface area (Å²) in [6, 6.07) is 17.9. The van der Waals surface area contributed by atoms with Crippen LogP contribution >= 0.6 is 0 Å². The van der Waals surface area contributed by atoms with Gasteiger partial charge in [-0.25, -0.2) is 0 Å². The number of rotatable bonds is 13. The highest BCUT2D eigenvalue weighted by Crippen LogP contribution is 2.37. The molecule has 1 heterocycles. The SMILES string of the molecule is CCCCCCC(c1ccccc1)N(C)Cc1cnc(-c2c(CC)cccc2CC)c(C)c1OC. The molecule has 0 saturated heterocycles. The Bertz CT molecular complexity index is 1040. The van der Waals surface area contributed by atoms with Crippen LogP contribution < -0.4 is 4.74 Å². The molecule has 0 bridgehead atoms. The first kappa shape index (κ1) is 26.9. The number of unbranched alkanes of at least 4 members (excludes halogenated alkanes) is 3. The lowest BCUT2D eigenvalue weighted by Gasteiger charge is -2.30. The minimum atomic E-state index is 0.380. The zero-order chi connectivity index (χ0) is 25.2. The maximum absolute atomic E-state index is 6.02. The molecule has 2 aromatic carbocycles. The van der Waals surface area contributed by atoms with Crippen molar-refractivity contribution in [2.45, 2.75) is 85.2 Å². The van der Waals surface area contributed by atoms with Crippen molar-refractivity contribution in [3.63, 3.8) is 0 Å². The molecule has 188 valence electrons. The quantitative estimate of drug-likeness (QED) is 0.234. The van der Waals surface area contributed by atoms with Crippen molar-refractivity contribution in [3.05, 3.63) is 82.5 Å². The third-order valence-corrected chi connectivity index (χ3v) is 7.24. The summed E-state index contributed by atoms with van der Waals surface area (Å²) >= 11 is 0. The monoisotopic (exact) mass is 472 g/mol. The first-order valence-electron chi connectivity index (χ1n) is 13.4. The van der Waals surface area contributed by atoms with Crippen LogP contribution in [0.15, 0.2) is 54.7 Å². The van der Waals surface area contributed by atoms with Gasteiger partial charge in [0.15, 0.2) is 0 Å². The number of aryl methyl sites for hydroxylation is 2. The number of aromatic nitrogens is 1. The lowest BCUT2D eigenvalue weighted by Crippen LogP contribution is -2.25. The molecule has 3 aromatic rings. The molecule has 0 aliphatic rings. The molecule has 35 heavy (non-hydrogen) atoms. The van der Waals surface area contributed by atoms with E-state index in [1.807, 2.05) is 6.20 Å². The number of nitrogens with zero attached hydrogens (tertiary/aromatic N) is 2. The minimum absolute atomic E-state index is 0.380. The standard InChI is InChI=1S/C32H44N2O/c1-7-10-11-15-21-29(27-17-13-12-14-18-27)34(5)23-28-22-33-31(24(4)32(28)35-6)30-25(8-2)19-16-20-26(30)9-3/h12-14,16-20,22,29H,7-11,15,21,23H2,1-6H3. The van der Waals surface area contributed by atoms with Gasteiger partial charge in [-0.3, -0.25) is 9.88 Å². The molecule has 0 radical (unpaired) electrons. The summed E-state index contributed by atoms with van der Waals surface area (Å²) in [5.41, 5.74) is 8.71. The fraction of sp³-hybridized carbons (Fsp3) is 0.469. The average molecular weight is 473 g/mol. The molecule has 3 heteroatoms. The van der Waals surface area contributed by atoms with Gasteiger partial charge in [-0.05, 0) is 49.9 Å². The second kappa shape index (κ2) is 13.4. The lowest BCUT2D eigenvalue weighted by molar-refractivity contribution is 0.216. The number of hydrogen-bond acceptors (Lipinski definition) is 3. The number of pyridine rings is 1. The van der Waals surface area contributed by atoms with E-state index in [4.69, 9.17) is 9.72 Å². The van der Waals surface area contributed by atoms with Gasteiger partial charge in [0.1, 0.15) is 5.75 Å². The zero-order valence-corrected chi connectivity index (χ0v) is 22.7. The van der Waals surface area contributed by atoms with E-state index >= 15 is 0 Å². The summed E-state index contributed by atoms with van der Waals surface area (Å²) in [5.74, 6) is 0.965. The van der Waals surface area contributed by atoms with E-state index in [-0.39, 0.29) is 0 Å². The van der Waals surface area contributed by atoms with Crippen molar-refractivity contribution in [3.8, 4) is 17.0 Å². The summed E-state index contributed by atoms with van der Waals surface area (Å²) in [6.45, 7) is 9.68. The van der Waals surface area contributed by atoms with E-state index in [0.29, 0.717) is 6.04 Å². The van der Waals surface area contributed by atoms with Crippen LogP contribution in [0.3, 0.4) is 0 Å². The Kier molecular flexibility index (Phi) is 10.3. The van der Waals surface area contributed by atoms with Crippen LogP contribution in [-0.4, -0.2) is 24.0 Å². The Morgan fingerprint density at radius 1 is 0.857 bits per heavy atom. The molecule has 1 atom stereocenters. The Morgan fingerprint density at radius 3 is 2.14 bits per heavy atom. The zero-order valence-electron chi connectivity index (χ0n) is 22.7. The van der Waals surface area contributed by atoms with Gasteiger partial charge in [-0.2, -0.15) is 0 Å². The molecule has 1 aromatic heterocycles. The van der Waals surface area contributed by atoms with E-state index in [2.05, 4.69) is 88.2 Å². The van der Waals surface area contributed by atoms with Gasteiger partial charge in [0.05, 0.1) is 12.8 Å². The number of ether oxygens (including phenoxy) is 1. The second-order valence-electron chi connectivity index (χ2n) is 9.64. The van der Waals surface area contributed by atoms with Crippen molar-refractivity contribution in [1.29, 1.82) is 0 Å². The minimum Gasteiger partial charge on any atom is -0.496 e. The highest BCUT2D eigenvalue weighted by molar-refractivity contribution is 5.73. The van der Waals surface area contributed by atoms with Crippen molar-refractivity contribution in [1.82, 2.24) is 9.88 Å². The van der Waals surface area contributed by atoms with Gasteiger partial charge >= 0.3 is 0 Å². The summed E-state index contributed by atoms with van der Waals surface area (Å²) < 4.78 is 6.02. The number of benzene rings is 2. The summed E-state index contributed by atoms with van der Waals surface area (Å²) in [4.78, 5) is 7.51. The molecule has 3 rings (SSSR count). The molecule has 0 N–H and O–H groups in total. The fourth-order valence-electron chi connectivity index (χ4n) is 5.30. The van der Waals surface area contributed by atoms with Crippen molar-refractivity contribution in [2.75, 3.05) is 14.2 Å². The molecule has 0 saturated carbocycles. The van der Waals surface area contributed by atoms with Crippen LogP contribution in [0, 0.1) is 6.92 Å². The maximum Gasteiger partial charge on any atom is 0.129 e. The van der Waals surface area contributed by atoms with Gasteiger partial charge in [0.25, 0.3) is 0 Å². The highest BCUT2D eigenvalue weighted by atomic mass is 16.5. The molecule has 0 aliphatic carbocycles. The van der Waals surface area contributed by atoms with Crippen molar-refractivity contribution in [2.24, 2.45) is 0 Å². The largest absolute Gasteiger partial charge is 0.496 e. The smallest absolute Gasteiger partial charge is 0.129 e. The molecular weight excluding hydrogens is 428 g/mol. The van der Waals surface area contributed by atoms with Crippen LogP contribution in [-0.2, 0) is 19.4 Å². The van der Waals surface area contributed by atoms with Crippen molar-refractivity contribution < 1.29 is 4.74 Å². The normalized spacial score (nSPS) is 12.2. The van der Waals surface area contributed by atoms with Gasteiger partial charge in [0.2, 0.25) is 0 Å². The van der Waals surface area contributed by atoms with E-state index in [1.54, 1.807) is 7.11 Å². The summed E-state index contributed by atoms with van der Waals surface area (Å²) in [7, 11) is 4.03. The Morgan fingerprint density at radius 2 is 1.54 bits per heavy atom. The lowest BCUT2D eigenvalue weighted by atomic mass is 9.92. The van der Waals surface area contributed by atoms with E-state index in [0.717, 1.165) is 48.4 Å². The Hall–Kier alpha value is -2.65. The Balaban J connectivity index is 1.93. The average Bonchev–Trinajstić information content (AvgIpc) is 2.89. The van der Waals surface area contributed by atoms with Crippen LogP contribution in [0.5, 0.6) is 5.75 Å². The van der Waals surface area contributed by atoms with E-state index in [1.165, 1.54) is 47.9 Å². The van der Waals surface area contributed by atoms with Crippen LogP contribution in [0.25, 0.3) is 11.3 Å². The van der Waals surface area contributed by atoms with E-state index < -0.39 is 0 Å². The number of hydrogen-bond donors (Lipinski definition) is 0. The Labute approximate surface area is 213 Å². The molecule has 3 nitrogen and oxygen atoms in total. The molecule has 0 fully saturated rings. The first-order valence-corrected chi connectivity index (χ1v) is 13.4. The third kappa shape index (κ3) is 6.52. The first-order chi connectivity index (χ1) is 17.0. The van der Waals surface area contributed by atoms with Crippen molar-refractivity contribution >= 4 is 0 Å². The van der Waals surface area contributed by atoms with Gasteiger partial charge < -0.3 is 4.74 Å². The number of methoxy groups -OCH3 is 1. The predicted molar refractivity (Wildman–Crippen MR) is 149 cm³/mol. The maximum atomic E-state index is 6.02. The topological polar surface area (TPSA) is 25.4 Å². The molecule has 1 unspecified atom stereocenters.